The summed E-state index contributed by atoms with van der Waals surface area (Å²) in [5, 5.41) is 14.0. The summed E-state index contributed by atoms with van der Waals surface area (Å²) >= 11 is 5.82. The van der Waals surface area contributed by atoms with Crippen LogP contribution >= 0.6 is 11.6 Å². The summed E-state index contributed by atoms with van der Waals surface area (Å²) in [6.07, 6.45) is 0. The first-order chi connectivity index (χ1) is 8.41. The van der Waals surface area contributed by atoms with E-state index in [0.717, 1.165) is 0 Å². The van der Waals surface area contributed by atoms with Crippen LogP contribution in [0, 0.1) is 17.0 Å². The minimum Gasteiger partial charge on any atom is -0.492 e. The van der Waals surface area contributed by atoms with E-state index in [2.05, 4.69) is 5.32 Å². The van der Waals surface area contributed by atoms with Crippen molar-refractivity contribution in [3.63, 3.8) is 0 Å². The van der Waals surface area contributed by atoms with Crippen molar-refractivity contribution in [1.29, 1.82) is 0 Å². The molecule has 1 N–H and O–H groups in total. The molecule has 6 heteroatoms. The zero-order valence-electron chi connectivity index (χ0n) is 10.7. The van der Waals surface area contributed by atoms with Crippen molar-refractivity contribution >= 4 is 17.3 Å². The van der Waals surface area contributed by atoms with E-state index in [-0.39, 0.29) is 10.7 Å². The van der Waals surface area contributed by atoms with Crippen LogP contribution in [0.3, 0.4) is 0 Å². The van der Waals surface area contributed by atoms with Crippen molar-refractivity contribution in [2.24, 2.45) is 0 Å². The summed E-state index contributed by atoms with van der Waals surface area (Å²) in [6.45, 7) is 7.06. The zero-order valence-corrected chi connectivity index (χ0v) is 11.5. The molecule has 0 spiro atoms. The minimum atomic E-state index is -0.501. The molecule has 0 aliphatic rings. The van der Waals surface area contributed by atoms with Crippen LogP contribution in [0.1, 0.15) is 19.4 Å². The van der Waals surface area contributed by atoms with Gasteiger partial charge in [0.2, 0.25) is 0 Å². The van der Waals surface area contributed by atoms with Crippen LogP contribution in [0.15, 0.2) is 12.1 Å². The Labute approximate surface area is 111 Å². The molecule has 100 valence electrons. The SMILES string of the molecule is Cc1cc([N+](=O)[O-])c(Cl)cc1OCCNC(C)C. The van der Waals surface area contributed by atoms with E-state index in [1.165, 1.54) is 12.1 Å². The van der Waals surface area contributed by atoms with E-state index in [0.29, 0.717) is 30.5 Å². The molecule has 0 aliphatic carbocycles. The summed E-state index contributed by atoms with van der Waals surface area (Å²) in [6, 6.07) is 3.31. The lowest BCUT2D eigenvalue weighted by molar-refractivity contribution is -0.384. The third-order valence-electron chi connectivity index (χ3n) is 2.35. The van der Waals surface area contributed by atoms with Crippen molar-refractivity contribution in [2.45, 2.75) is 26.8 Å². The highest BCUT2D eigenvalue weighted by atomic mass is 35.5. The van der Waals surface area contributed by atoms with Crippen LogP contribution in [0.2, 0.25) is 5.02 Å². The number of hydrogen-bond donors (Lipinski definition) is 1. The van der Waals surface area contributed by atoms with E-state index < -0.39 is 4.92 Å². The van der Waals surface area contributed by atoms with Crippen LogP contribution in [0.4, 0.5) is 5.69 Å². The van der Waals surface area contributed by atoms with Crippen molar-refractivity contribution < 1.29 is 9.66 Å². The number of nitrogens with zero attached hydrogens (tertiary/aromatic N) is 1. The topological polar surface area (TPSA) is 64.4 Å². The molecular formula is C12H17ClN2O3. The fourth-order valence-electron chi connectivity index (χ4n) is 1.45. The smallest absolute Gasteiger partial charge is 0.288 e. The van der Waals surface area contributed by atoms with Crippen LogP contribution in [-0.2, 0) is 0 Å². The number of benzene rings is 1. The number of aryl methyl sites for hydroxylation is 1. The van der Waals surface area contributed by atoms with Gasteiger partial charge in [0, 0.05) is 24.7 Å². The molecule has 0 saturated carbocycles. The number of nitro benzene ring substituents is 1. The molecule has 18 heavy (non-hydrogen) atoms. The average Bonchev–Trinajstić information content (AvgIpc) is 2.27. The van der Waals surface area contributed by atoms with Gasteiger partial charge in [-0.3, -0.25) is 10.1 Å². The van der Waals surface area contributed by atoms with Crippen molar-refractivity contribution in [2.75, 3.05) is 13.2 Å². The standard InChI is InChI=1S/C12H17ClN2O3/c1-8(2)14-4-5-18-12-7-10(13)11(15(16)17)6-9(12)3/h6-8,14H,4-5H2,1-3H3. The highest BCUT2D eigenvalue weighted by Crippen LogP contribution is 2.31. The van der Waals surface area contributed by atoms with Crippen LogP contribution in [0.25, 0.3) is 0 Å². The Morgan fingerprint density at radius 3 is 2.72 bits per heavy atom. The van der Waals surface area contributed by atoms with Gasteiger partial charge >= 0.3 is 0 Å². The minimum absolute atomic E-state index is 0.0948. The highest BCUT2D eigenvalue weighted by Gasteiger charge is 2.15. The van der Waals surface area contributed by atoms with Crippen LogP contribution in [0.5, 0.6) is 5.75 Å². The van der Waals surface area contributed by atoms with Gasteiger partial charge in [0.1, 0.15) is 17.4 Å². The Bertz CT molecular complexity index is 436. The zero-order chi connectivity index (χ0) is 13.7. The van der Waals surface area contributed by atoms with Crippen LogP contribution in [-0.4, -0.2) is 24.1 Å². The van der Waals surface area contributed by atoms with Gasteiger partial charge in [0.15, 0.2) is 0 Å². The third-order valence-corrected chi connectivity index (χ3v) is 2.66. The molecule has 0 atom stereocenters. The lowest BCUT2D eigenvalue weighted by Gasteiger charge is -2.11. The summed E-state index contributed by atoms with van der Waals surface area (Å²) in [5.41, 5.74) is 0.609. The van der Waals surface area contributed by atoms with Crippen molar-refractivity contribution in [3.8, 4) is 5.75 Å². The van der Waals surface area contributed by atoms with Gasteiger partial charge in [0.25, 0.3) is 5.69 Å². The molecule has 1 aromatic rings. The Morgan fingerprint density at radius 1 is 1.50 bits per heavy atom. The predicted octanol–water partition coefficient (Wildman–Crippen LogP) is 2.93. The summed E-state index contributed by atoms with van der Waals surface area (Å²) in [7, 11) is 0. The van der Waals surface area contributed by atoms with Crippen LogP contribution < -0.4 is 10.1 Å². The molecule has 0 aromatic heterocycles. The number of ether oxygens (including phenoxy) is 1. The average molecular weight is 273 g/mol. The second kappa shape index (κ2) is 6.56. The monoisotopic (exact) mass is 272 g/mol. The first-order valence-electron chi connectivity index (χ1n) is 5.72. The van der Waals surface area contributed by atoms with Gasteiger partial charge in [-0.05, 0) is 12.5 Å². The maximum Gasteiger partial charge on any atom is 0.288 e. The number of nitro groups is 1. The quantitative estimate of drug-likeness (QED) is 0.491. The van der Waals surface area contributed by atoms with Gasteiger partial charge in [-0.25, -0.2) is 0 Å². The molecule has 0 unspecified atom stereocenters. The lowest BCUT2D eigenvalue weighted by Crippen LogP contribution is -2.27. The van der Waals surface area contributed by atoms with E-state index in [4.69, 9.17) is 16.3 Å². The largest absolute Gasteiger partial charge is 0.492 e. The van der Waals surface area contributed by atoms with Gasteiger partial charge < -0.3 is 10.1 Å². The Hall–Kier alpha value is -1.33. The maximum absolute atomic E-state index is 10.7. The molecule has 0 saturated heterocycles. The number of halogens is 1. The van der Waals surface area contributed by atoms with E-state index in [1.54, 1.807) is 6.92 Å². The molecule has 0 fully saturated rings. The molecule has 0 heterocycles. The number of hydrogen-bond acceptors (Lipinski definition) is 4. The molecular weight excluding hydrogens is 256 g/mol. The van der Waals surface area contributed by atoms with Gasteiger partial charge in [0.05, 0.1) is 4.92 Å². The predicted molar refractivity (Wildman–Crippen MR) is 71.5 cm³/mol. The summed E-state index contributed by atoms with van der Waals surface area (Å²) < 4.78 is 5.53. The summed E-state index contributed by atoms with van der Waals surface area (Å²) in [4.78, 5) is 10.2. The Kier molecular flexibility index (Phi) is 5.37. The molecule has 1 rings (SSSR count). The number of nitrogens with one attached hydrogen (secondary N) is 1. The van der Waals surface area contributed by atoms with E-state index >= 15 is 0 Å². The molecule has 0 aliphatic heterocycles. The first-order valence-corrected chi connectivity index (χ1v) is 6.10. The second-order valence-electron chi connectivity index (χ2n) is 4.28. The van der Waals surface area contributed by atoms with E-state index in [9.17, 15) is 10.1 Å². The lowest BCUT2D eigenvalue weighted by atomic mass is 10.2. The molecule has 0 radical (unpaired) electrons. The molecule has 1 aromatic carbocycles. The Balaban J connectivity index is 2.67. The van der Waals surface area contributed by atoms with Crippen molar-refractivity contribution in [1.82, 2.24) is 5.32 Å². The maximum atomic E-state index is 10.7. The fourth-order valence-corrected chi connectivity index (χ4v) is 1.67. The second-order valence-corrected chi connectivity index (χ2v) is 4.69. The molecule has 5 nitrogen and oxygen atoms in total. The highest BCUT2D eigenvalue weighted by molar-refractivity contribution is 6.32. The fraction of sp³-hybridized carbons (Fsp3) is 0.500. The van der Waals surface area contributed by atoms with Gasteiger partial charge in [-0.1, -0.05) is 25.4 Å². The normalized spacial score (nSPS) is 10.7. The number of rotatable bonds is 6. The Morgan fingerprint density at radius 2 is 2.17 bits per heavy atom. The van der Waals surface area contributed by atoms with Gasteiger partial charge in [-0.2, -0.15) is 0 Å². The van der Waals surface area contributed by atoms with Crippen molar-refractivity contribution in [3.05, 3.63) is 32.8 Å². The molecule has 0 bridgehead atoms. The summed E-state index contributed by atoms with van der Waals surface area (Å²) in [5.74, 6) is 0.580. The first kappa shape index (κ1) is 14.7. The third kappa shape index (κ3) is 4.16. The van der Waals surface area contributed by atoms with Gasteiger partial charge in [-0.15, -0.1) is 0 Å². The molecule has 0 amide bonds. The van der Waals surface area contributed by atoms with E-state index in [1.807, 2.05) is 13.8 Å².